The minimum absolute atomic E-state index is 0.0165. The normalized spacial score (nSPS) is 18.7. The molecule has 0 saturated carbocycles. The van der Waals surface area contributed by atoms with E-state index in [1.54, 1.807) is 12.4 Å². The number of nitrogens with one attached hydrogen (secondary N) is 1. The average Bonchev–Trinajstić information content (AvgIpc) is 2.88. The maximum absolute atomic E-state index is 15.5. The molecule has 1 atom stereocenters. The first-order valence-electron chi connectivity index (χ1n) is 12.3. The molecule has 1 unspecified atom stereocenters. The van der Waals surface area contributed by atoms with Crippen LogP contribution in [-0.2, 0) is 9.53 Å². The monoisotopic (exact) mass is 496 g/mol. The van der Waals surface area contributed by atoms with Crippen molar-refractivity contribution in [1.82, 2.24) is 20.2 Å². The zero-order valence-electron chi connectivity index (χ0n) is 20.5. The maximum atomic E-state index is 15.5. The molecule has 2 aliphatic heterocycles. The molecule has 0 bridgehead atoms. The van der Waals surface area contributed by atoms with E-state index in [0.29, 0.717) is 56.5 Å². The van der Waals surface area contributed by atoms with Crippen LogP contribution in [0.15, 0.2) is 36.7 Å². The highest BCUT2D eigenvalue weighted by Gasteiger charge is 2.32. The quantitative estimate of drug-likeness (QED) is 0.561. The van der Waals surface area contributed by atoms with E-state index in [4.69, 9.17) is 4.74 Å². The standard InChI is InChI=1S/C26H30F2N6O2/c1-3-8-32-9-10-33(15-23(32)35)26-17(2)25(24-20(28)12-18(27)13-21(24)31-26)34(19-5-4-6-29-14-19)22-16-36-11-7-30-22/h4-6,12-14,22,30H,3,7-11,15-16H2,1-2H3. The molecular weight excluding hydrogens is 466 g/mol. The van der Waals surface area contributed by atoms with Gasteiger partial charge in [-0.25, -0.2) is 13.8 Å². The Balaban J connectivity index is 1.70. The Labute approximate surface area is 208 Å². The number of anilines is 3. The Morgan fingerprint density at radius 3 is 2.83 bits per heavy atom. The van der Waals surface area contributed by atoms with Gasteiger partial charge in [0.15, 0.2) is 0 Å². The molecule has 1 aromatic carbocycles. The van der Waals surface area contributed by atoms with E-state index >= 15 is 4.39 Å². The molecule has 0 aliphatic carbocycles. The first kappa shape index (κ1) is 24.3. The smallest absolute Gasteiger partial charge is 0.242 e. The summed E-state index contributed by atoms with van der Waals surface area (Å²) in [6.07, 6.45) is 3.95. The minimum atomic E-state index is -0.704. The van der Waals surface area contributed by atoms with E-state index in [9.17, 15) is 9.18 Å². The summed E-state index contributed by atoms with van der Waals surface area (Å²) < 4.78 is 35.6. The molecule has 2 saturated heterocycles. The van der Waals surface area contributed by atoms with Crippen LogP contribution in [0.1, 0.15) is 18.9 Å². The number of carbonyl (C=O) groups is 1. The van der Waals surface area contributed by atoms with Gasteiger partial charge in [-0.3, -0.25) is 15.1 Å². The Bertz CT molecular complexity index is 1250. The van der Waals surface area contributed by atoms with Crippen LogP contribution in [0, 0.1) is 18.6 Å². The number of nitrogens with zero attached hydrogens (tertiary/aromatic N) is 5. The average molecular weight is 497 g/mol. The Morgan fingerprint density at radius 2 is 2.14 bits per heavy atom. The number of ether oxygens (including phenoxy) is 1. The van der Waals surface area contributed by atoms with Gasteiger partial charge in [0.1, 0.15) is 23.6 Å². The van der Waals surface area contributed by atoms with Gasteiger partial charge in [0.05, 0.1) is 48.2 Å². The highest BCUT2D eigenvalue weighted by Crippen LogP contribution is 2.41. The van der Waals surface area contributed by atoms with Gasteiger partial charge < -0.3 is 19.4 Å². The van der Waals surface area contributed by atoms with E-state index < -0.39 is 11.6 Å². The predicted octanol–water partition coefficient (Wildman–Crippen LogP) is 3.36. The van der Waals surface area contributed by atoms with Crippen molar-refractivity contribution >= 4 is 34.0 Å². The predicted molar refractivity (Wildman–Crippen MR) is 134 cm³/mol. The molecule has 0 spiro atoms. The van der Waals surface area contributed by atoms with E-state index in [1.807, 2.05) is 40.7 Å². The van der Waals surface area contributed by atoms with Gasteiger partial charge in [-0.1, -0.05) is 6.92 Å². The van der Waals surface area contributed by atoms with Crippen molar-refractivity contribution in [2.75, 3.05) is 55.7 Å². The first-order valence-corrected chi connectivity index (χ1v) is 12.3. The van der Waals surface area contributed by atoms with Crippen molar-refractivity contribution in [2.45, 2.75) is 26.4 Å². The highest BCUT2D eigenvalue weighted by atomic mass is 19.1. The van der Waals surface area contributed by atoms with Gasteiger partial charge in [-0.05, 0) is 25.5 Å². The molecular formula is C26H30F2N6O2. The third-order valence-corrected chi connectivity index (χ3v) is 6.68. The van der Waals surface area contributed by atoms with Gasteiger partial charge in [0.25, 0.3) is 0 Å². The van der Waals surface area contributed by atoms with Crippen LogP contribution in [-0.4, -0.2) is 72.9 Å². The van der Waals surface area contributed by atoms with Crippen LogP contribution in [0.3, 0.4) is 0 Å². The number of halogens is 2. The zero-order valence-corrected chi connectivity index (χ0v) is 20.5. The second kappa shape index (κ2) is 10.3. The number of hydrogen-bond acceptors (Lipinski definition) is 7. The number of carbonyl (C=O) groups excluding carboxylic acids is 1. The molecule has 0 radical (unpaired) electrons. The number of fused-ring (bicyclic) bond motifs is 1. The number of amides is 1. The summed E-state index contributed by atoms with van der Waals surface area (Å²) in [6.45, 7) is 7.50. The van der Waals surface area contributed by atoms with Crippen LogP contribution in [0.2, 0.25) is 0 Å². The molecule has 1 amide bonds. The molecule has 2 fully saturated rings. The van der Waals surface area contributed by atoms with Crippen molar-refractivity contribution in [2.24, 2.45) is 0 Å². The first-order chi connectivity index (χ1) is 17.5. The fourth-order valence-corrected chi connectivity index (χ4v) is 5.06. The molecule has 10 heteroatoms. The fraction of sp³-hybridized carbons (Fsp3) is 0.423. The lowest BCUT2D eigenvalue weighted by Gasteiger charge is -2.40. The molecule has 2 aromatic heterocycles. The molecule has 8 nitrogen and oxygen atoms in total. The van der Waals surface area contributed by atoms with Crippen LogP contribution < -0.4 is 15.1 Å². The molecule has 36 heavy (non-hydrogen) atoms. The Hall–Kier alpha value is -3.37. The number of piperazine rings is 1. The van der Waals surface area contributed by atoms with E-state index in [1.165, 1.54) is 6.07 Å². The highest BCUT2D eigenvalue weighted by molar-refractivity contribution is 5.99. The van der Waals surface area contributed by atoms with Crippen LogP contribution in [0.5, 0.6) is 0 Å². The summed E-state index contributed by atoms with van der Waals surface area (Å²) in [6, 6.07) is 5.83. The molecule has 190 valence electrons. The molecule has 4 heterocycles. The van der Waals surface area contributed by atoms with Gasteiger partial charge in [-0.2, -0.15) is 0 Å². The van der Waals surface area contributed by atoms with Crippen LogP contribution >= 0.6 is 0 Å². The topological polar surface area (TPSA) is 73.8 Å². The lowest BCUT2D eigenvalue weighted by atomic mass is 10.0. The summed E-state index contributed by atoms with van der Waals surface area (Å²) in [5.74, 6) is -0.846. The number of morpholine rings is 1. The number of rotatable bonds is 6. The summed E-state index contributed by atoms with van der Waals surface area (Å²) in [5, 5.41) is 3.66. The van der Waals surface area contributed by atoms with Gasteiger partial charge >= 0.3 is 0 Å². The molecule has 2 aliphatic rings. The second-order valence-corrected chi connectivity index (χ2v) is 9.12. The largest absolute Gasteiger partial charge is 0.377 e. The third-order valence-electron chi connectivity index (χ3n) is 6.68. The third kappa shape index (κ3) is 4.58. The zero-order chi connectivity index (χ0) is 25.2. The van der Waals surface area contributed by atoms with Crippen molar-refractivity contribution in [3.05, 3.63) is 53.9 Å². The summed E-state index contributed by atoms with van der Waals surface area (Å²) in [7, 11) is 0. The SMILES string of the molecule is CCCN1CCN(c2nc3cc(F)cc(F)c3c(N(c3cccnc3)C3COCCN3)c2C)CC1=O. The Kier molecular flexibility index (Phi) is 6.97. The lowest BCUT2D eigenvalue weighted by Crippen LogP contribution is -2.52. The van der Waals surface area contributed by atoms with E-state index in [2.05, 4.69) is 15.3 Å². The van der Waals surface area contributed by atoms with E-state index in [0.717, 1.165) is 18.2 Å². The summed E-state index contributed by atoms with van der Waals surface area (Å²) >= 11 is 0. The second-order valence-electron chi connectivity index (χ2n) is 9.12. The number of hydrogen-bond donors (Lipinski definition) is 1. The number of pyridine rings is 2. The van der Waals surface area contributed by atoms with Crippen molar-refractivity contribution < 1.29 is 18.3 Å². The number of benzene rings is 1. The summed E-state index contributed by atoms with van der Waals surface area (Å²) in [4.78, 5) is 27.5. The molecule has 3 aromatic rings. The van der Waals surface area contributed by atoms with Gasteiger partial charge in [-0.15, -0.1) is 0 Å². The van der Waals surface area contributed by atoms with E-state index in [-0.39, 0.29) is 29.5 Å². The summed E-state index contributed by atoms with van der Waals surface area (Å²) in [5.41, 5.74) is 2.17. The van der Waals surface area contributed by atoms with Crippen molar-refractivity contribution in [3.8, 4) is 0 Å². The number of aromatic nitrogens is 2. The van der Waals surface area contributed by atoms with Gasteiger partial charge in [0, 0.05) is 50.1 Å². The van der Waals surface area contributed by atoms with Gasteiger partial charge in [0.2, 0.25) is 5.91 Å². The van der Waals surface area contributed by atoms with Crippen molar-refractivity contribution in [3.63, 3.8) is 0 Å². The van der Waals surface area contributed by atoms with Crippen molar-refractivity contribution in [1.29, 1.82) is 0 Å². The molecule has 1 N–H and O–H groups in total. The van der Waals surface area contributed by atoms with Crippen LogP contribution in [0.25, 0.3) is 10.9 Å². The maximum Gasteiger partial charge on any atom is 0.242 e. The molecule has 5 rings (SSSR count). The lowest BCUT2D eigenvalue weighted by molar-refractivity contribution is -0.131. The Morgan fingerprint density at radius 1 is 1.28 bits per heavy atom. The fourth-order valence-electron chi connectivity index (χ4n) is 5.06. The van der Waals surface area contributed by atoms with Crippen LogP contribution in [0.4, 0.5) is 26.0 Å². The minimum Gasteiger partial charge on any atom is -0.377 e.